The van der Waals surface area contributed by atoms with E-state index in [1.165, 1.54) is 43.8 Å². The van der Waals surface area contributed by atoms with E-state index in [1.54, 1.807) is 0 Å². The summed E-state index contributed by atoms with van der Waals surface area (Å²) < 4.78 is 0. The molecule has 0 fully saturated rings. The first-order chi connectivity index (χ1) is 10.8. The van der Waals surface area contributed by atoms with Crippen molar-refractivity contribution in [2.75, 3.05) is 0 Å². The van der Waals surface area contributed by atoms with Crippen molar-refractivity contribution < 1.29 is 0 Å². The topological polar surface area (TPSA) is 0 Å². The molecule has 0 bridgehead atoms. The Morgan fingerprint density at radius 3 is 2.05 bits per heavy atom. The van der Waals surface area contributed by atoms with Crippen LogP contribution in [0.1, 0.15) is 11.1 Å². The molecule has 0 nitrogen and oxygen atoms in total. The molecule has 0 aliphatic rings. The van der Waals surface area contributed by atoms with Crippen molar-refractivity contribution in [2.24, 2.45) is 0 Å². The van der Waals surface area contributed by atoms with E-state index < -0.39 is 0 Å². The van der Waals surface area contributed by atoms with Gasteiger partial charge in [0.2, 0.25) is 0 Å². The predicted octanol–water partition coefficient (Wildman–Crippen LogP) is 6.28. The molecule has 22 heavy (non-hydrogen) atoms. The standard InChI is InChI=1S/C22H18/c1-15-7-5-12-21-20(14-13-16(2)22(15)21)19-11-6-9-17-8-3-4-10-18(17)19/h3-14H,1-2H3. The number of fused-ring (bicyclic) bond motifs is 2. The molecule has 4 aromatic carbocycles. The van der Waals surface area contributed by atoms with Crippen molar-refractivity contribution in [3.05, 3.63) is 83.9 Å². The lowest BCUT2D eigenvalue weighted by Crippen LogP contribution is -1.88. The Kier molecular flexibility index (Phi) is 2.97. The minimum atomic E-state index is 1.29. The molecule has 0 aliphatic heterocycles. The first kappa shape index (κ1) is 13.1. The first-order valence-corrected chi connectivity index (χ1v) is 7.73. The summed E-state index contributed by atoms with van der Waals surface area (Å²) in [4.78, 5) is 0. The summed E-state index contributed by atoms with van der Waals surface area (Å²) in [6, 6.07) is 26.3. The molecule has 0 heteroatoms. The van der Waals surface area contributed by atoms with Gasteiger partial charge >= 0.3 is 0 Å². The van der Waals surface area contributed by atoms with Crippen LogP contribution in [0.15, 0.2) is 72.8 Å². The molecule has 4 rings (SSSR count). The van der Waals surface area contributed by atoms with Crippen molar-refractivity contribution in [3.8, 4) is 11.1 Å². The maximum atomic E-state index is 2.26. The van der Waals surface area contributed by atoms with Gasteiger partial charge < -0.3 is 0 Å². The Bertz CT molecular complexity index is 980. The van der Waals surface area contributed by atoms with Gasteiger partial charge in [-0.05, 0) is 57.6 Å². The van der Waals surface area contributed by atoms with E-state index in [2.05, 4.69) is 86.6 Å². The Morgan fingerprint density at radius 1 is 0.500 bits per heavy atom. The van der Waals surface area contributed by atoms with E-state index in [0.29, 0.717) is 0 Å². The van der Waals surface area contributed by atoms with E-state index >= 15 is 0 Å². The monoisotopic (exact) mass is 282 g/mol. The maximum absolute atomic E-state index is 2.26. The number of hydrogen-bond donors (Lipinski definition) is 0. The smallest absolute Gasteiger partial charge is 0.00989 e. The summed E-state index contributed by atoms with van der Waals surface area (Å²) in [7, 11) is 0. The maximum Gasteiger partial charge on any atom is -0.00989 e. The lowest BCUT2D eigenvalue weighted by molar-refractivity contribution is 1.46. The molecule has 0 aliphatic carbocycles. The van der Waals surface area contributed by atoms with Crippen LogP contribution in [0.5, 0.6) is 0 Å². The average Bonchev–Trinajstić information content (AvgIpc) is 2.55. The molecule has 0 unspecified atom stereocenters. The third-order valence-electron chi connectivity index (χ3n) is 4.54. The second-order valence-corrected chi connectivity index (χ2v) is 5.95. The minimum absolute atomic E-state index is 1.29. The van der Waals surface area contributed by atoms with Gasteiger partial charge in [-0.25, -0.2) is 0 Å². The molecular weight excluding hydrogens is 264 g/mol. The number of rotatable bonds is 1. The van der Waals surface area contributed by atoms with E-state index in [0.717, 1.165) is 0 Å². The van der Waals surface area contributed by atoms with Gasteiger partial charge in [0.15, 0.2) is 0 Å². The van der Waals surface area contributed by atoms with Crippen LogP contribution in [-0.4, -0.2) is 0 Å². The molecule has 0 saturated carbocycles. The summed E-state index contributed by atoms with van der Waals surface area (Å²) in [6.07, 6.45) is 0. The zero-order chi connectivity index (χ0) is 15.1. The van der Waals surface area contributed by atoms with Crippen LogP contribution in [0, 0.1) is 13.8 Å². The van der Waals surface area contributed by atoms with Crippen molar-refractivity contribution >= 4 is 21.5 Å². The van der Waals surface area contributed by atoms with Gasteiger partial charge in [-0.15, -0.1) is 0 Å². The molecule has 4 aromatic rings. The van der Waals surface area contributed by atoms with Crippen LogP contribution in [-0.2, 0) is 0 Å². The summed E-state index contributed by atoms with van der Waals surface area (Å²) in [5, 5.41) is 5.34. The Labute approximate surface area is 131 Å². The van der Waals surface area contributed by atoms with Gasteiger partial charge in [-0.2, -0.15) is 0 Å². The number of aryl methyl sites for hydroxylation is 2. The quantitative estimate of drug-likeness (QED) is 0.385. The van der Waals surface area contributed by atoms with Gasteiger partial charge in [0.1, 0.15) is 0 Å². The fourth-order valence-electron chi connectivity index (χ4n) is 3.49. The van der Waals surface area contributed by atoms with Crippen molar-refractivity contribution in [1.29, 1.82) is 0 Å². The zero-order valence-corrected chi connectivity index (χ0v) is 12.9. The molecule has 0 heterocycles. The van der Waals surface area contributed by atoms with E-state index in [9.17, 15) is 0 Å². The molecule has 0 aromatic heterocycles. The molecule has 0 atom stereocenters. The van der Waals surface area contributed by atoms with Crippen LogP contribution in [0.4, 0.5) is 0 Å². The highest BCUT2D eigenvalue weighted by Crippen LogP contribution is 2.36. The SMILES string of the molecule is Cc1cccc2c(-c3cccc4ccccc34)ccc(C)c12. The fourth-order valence-corrected chi connectivity index (χ4v) is 3.49. The second-order valence-electron chi connectivity index (χ2n) is 5.95. The largest absolute Gasteiger partial charge is 0.0616 e. The van der Waals surface area contributed by atoms with E-state index in [1.807, 2.05) is 0 Å². The third kappa shape index (κ3) is 1.92. The van der Waals surface area contributed by atoms with Crippen LogP contribution in [0.2, 0.25) is 0 Å². The molecule has 0 N–H and O–H groups in total. The van der Waals surface area contributed by atoms with Gasteiger partial charge in [0.25, 0.3) is 0 Å². The lowest BCUT2D eigenvalue weighted by Gasteiger charge is -2.13. The average molecular weight is 282 g/mol. The Balaban J connectivity index is 2.14. The number of benzene rings is 4. The summed E-state index contributed by atoms with van der Waals surface area (Å²) in [6.45, 7) is 4.39. The molecule has 106 valence electrons. The molecule has 0 spiro atoms. The molecule has 0 amide bonds. The predicted molar refractivity (Wildman–Crippen MR) is 96.4 cm³/mol. The third-order valence-corrected chi connectivity index (χ3v) is 4.54. The summed E-state index contributed by atoms with van der Waals surface area (Å²) in [5.41, 5.74) is 5.32. The highest BCUT2D eigenvalue weighted by Gasteiger charge is 2.09. The van der Waals surface area contributed by atoms with Crippen molar-refractivity contribution in [1.82, 2.24) is 0 Å². The second kappa shape index (κ2) is 4.99. The van der Waals surface area contributed by atoms with Gasteiger partial charge in [0, 0.05) is 0 Å². The van der Waals surface area contributed by atoms with E-state index in [-0.39, 0.29) is 0 Å². The van der Waals surface area contributed by atoms with Gasteiger partial charge in [-0.3, -0.25) is 0 Å². The van der Waals surface area contributed by atoms with Crippen LogP contribution in [0.25, 0.3) is 32.7 Å². The normalized spacial score (nSPS) is 11.2. The molecule has 0 radical (unpaired) electrons. The highest BCUT2D eigenvalue weighted by atomic mass is 14.1. The van der Waals surface area contributed by atoms with Crippen molar-refractivity contribution in [2.45, 2.75) is 13.8 Å². The lowest BCUT2D eigenvalue weighted by atomic mass is 9.91. The zero-order valence-electron chi connectivity index (χ0n) is 12.9. The minimum Gasteiger partial charge on any atom is -0.0616 e. The van der Waals surface area contributed by atoms with Crippen LogP contribution in [0.3, 0.4) is 0 Å². The summed E-state index contributed by atoms with van der Waals surface area (Å²) in [5.74, 6) is 0. The van der Waals surface area contributed by atoms with E-state index in [4.69, 9.17) is 0 Å². The van der Waals surface area contributed by atoms with Crippen LogP contribution < -0.4 is 0 Å². The molecular formula is C22H18. The highest BCUT2D eigenvalue weighted by molar-refractivity contribution is 6.06. The number of hydrogen-bond acceptors (Lipinski definition) is 0. The Morgan fingerprint density at radius 2 is 1.14 bits per heavy atom. The fraction of sp³-hybridized carbons (Fsp3) is 0.0909. The van der Waals surface area contributed by atoms with Crippen LogP contribution >= 0.6 is 0 Å². The van der Waals surface area contributed by atoms with Gasteiger partial charge in [-0.1, -0.05) is 72.8 Å². The Hall–Kier alpha value is -2.60. The van der Waals surface area contributed by atoms with Crippen molar-refractivity contribution in [3.63, 3.8) is 0 Å². The summed E-state index contributed by atoms with van der Waals surface area (Å²) >= 11 is 0. The first-order valence-electron chi connectivity index (χ1n) is 7.73. The molecule has 0 saturated heterocycles. The van der Waals surface area contributed by atoms with Gasteiger partial charge in [0.05, 0.1) is 0 Å².